The minimum atomic E-state index is -5.11. The Morgan fingerprint density at radius 2 is 1.32 bits per heavy atom. The largest absolute Gasteiger partial charge is 0.445 e. The second-order valence-corrected chi connectivity index (χ2v) is 11.1. The normalized spacial score (nSPS) is 12.1. The summed E-state index contributed by atoms with van der Waals surface area (Å²) in [6.07, 6.45) is -13.2. The van der Waals surface area contributed by atoms with Crippen LogP contribution in [0.3, 0.4) is 0 Å². The molecule has 0 aliphatic rings. The number of halogens is 10. The molecule has 0 atom stereocenters. The third kappa shape index (κ3) is 10.3. The molecule has 4 aromatic rings. The number of nitrogens with one attached hydrogen (secondary N) is 1. The molecule has 6 nitrogen and oxygen atoms in total. The van der Waals surface area contributed by atoms with Crippen molar-refractivity contribution >= 4 is 28.0 Å². The number of alkyl carbamates (subject to hydrolysis) is 1. The van der Waals surface area contributed by atoms with Crippen LogP contribution in [-0.2, 0) is 49.4 Å². The van der Waals surface area contributed by atoms with Gasteiger partial charge in [-0.3, -0.25) is 0 Å². The molecule has 0 spiro atoms. The molecule has 16 heteroatoms. The number of carbonyl (C=O) groups excluding carboxylic acids is 1. The highest BCUT2D eigenvalue weighted by molar-refractivity contribution is 9.10. The second-order valence-electron chi connectivity index (χ2n) is 10.2. The van der Waals surface area contributed by atoms with Crippen LogP contribution < -0.4 is 10.2 Å². The van der Waals surface area contributed by atoms with Gasteiger partial charge in [0.25, 0.3) is 0 Å². The number of anilines is 1. The van der Waals surface area contributed by atoms with E-state index in [4.69, 9.17) is 4.74 Å². The van der Waals surface area contributed by atoms with Crippen LogP contribution in [0.5, 0.6) is 0 Å². The zero-order valence-corrected chi connectivity index (χ0v) is 25.6. The number of carbonyl (C=O) groups is 1. The molecule has 0 fully saturated rings. The lowest BCUT2D eigenvalue weighted by Gasteiger charge is -2.26. The van der Waals surface area contributed by atoms with Crippen molar-refractivity contribution in [1.82, 2.24) is 15.3 Å². The fourth-order valence-corrected chi connectivity index (χ4v) is 4.67. The summed E-state index contributed by atoms with van der Waals surface area (Å²) in [5, 5.41) is 2.51. The van der Waals surface area contributed by atoms with Gasteiger partial charge in [0, 0.05) is 32.0 Å². The van der Waals surface area contributed by atoms with Gasteiger partial charge >= 0.3 is 24.6 Å². The molecule has 0 aliphatic carbocycles. The van der Waals surface area contributed by atoms with Crippen molar-refractivity contribution in [3.05, 3.63) is 123 Å². The van der Waals surface area contributed by atoms with Gasteiger partial charge in [0.1, 0.15) is 6.61 Å². The molecule has 0 aliphatic heterocycles. The summed E-state index contributed by atoms with van der Waals surface area (Å²) in [4.78, 5) is 21.5. The summed E-state index contributed by atoms with van der Waals surface area (Å²) in [6.45, 7) is -1.17. The minimum absolute atomic E-state index is 0.00469. The highest BCUT2D eigenvalue weighted by Gasteiger charge is 2.37. The predicted octanol–water partition coefficient (Wildman–Crippen LogP) is 8.97. The number of rotatable bonds is 10. The van der Waals surface area contributed by atoms with Gasteiger partial charge in [0.15, 0.2) is 0 Å². The Hall–Kier alpha value is -4.34. The maximum atomic E-state index is 13.7. The third-order valence-electron chi connectivity index (χ3n) is 6.68. The molecule has 0 saturated carbocycles. The van der Waals surface area contributed by atoms with Gasteiger partial charge in [-0.2, -0.15) is 39.5 Å². The van der Waals surface area contributed by atoms with Crippen molar-refractivity contribution in [2.45, 2.75) is 44.6 Å². The van der Waals surface area contributed by atoms with Crippen LogP contribution in [0.2, 0.25) is 0 Å². The first-order valence-electron chi connectivity index (χ1n) is 13.6. The number of benzene rings is 3. The van der Waals surface area contributed by atoms with E-state index in [-0.39, 0.29) is 37.2 Å². The summed E-state index contributed by atoms with van der Waals surface area (Å²) < 4.78 is 128. The summed E-state index contributed by atoms with van der Waals surface area (Å²) >= 11 is 3.14. The SMILES string of the molecule is O=C(NCCc1ccc(C(F)(F)F)cc1CN(Cc1cc(C(F)(F)F)cc(C(F)(F)F)c1)c1ncc(Br)cn1)OCc1ccccc1. The Bertz CT molecular complexity index is 1630. The Balaban J connectivity index is 1.64. The number of nitrogens with zero attached hydrogens (tertiary/aromatic N) is 3. The van der Waals surface area contributed by atoms with Crippen molar-refractivity contribution in [3.8, 4) is 0 Å². The first-order valence-corrected chi connectivity index (χ1v) is 14.4. The number of ether oxygens (including phenoxy) is 1. The Morgan fingerprint density at radius 1 is 0.723 bits per heavy atom. The van der Waals surface area contributed by atoms with Crippen LogP contribution in [0, 0.1) is 0 Å². The lowest BCUT2D eigenvalue weighted by Crippen LogP contribution is -2.28. The lowest BCUT2D eigenvalue weighted by molar-refractivity contribution is -0.143. The Kier molecular flexibility index (Phi) is 11.0. The molecule has 0 bridgehead atoms. The number of alkyl halides is 9. The molecular formula is C31H24BrF9N4O2. The lowest BCUT2D eigenvalue weighted by atomic mass is 9.99. The molecule has 3 aromatic carbocycles. The standard InChI is InChI=1S/C31H24BrF9N4O2/c32-26-14-43-27(44-15-26)45(16-20-10-24(30(36,37)38)13-25(11-20)31(39,40)41)17-22-12-23(29(33,34)35)7-6-21(22)8-9-42-28(46)47-18-19-4-2-1-3-5-19/h1-7,10-15H,8-9,16-18H2,(H,42,46). The molecule has 1 amide bonds. The monoisotopic (exact) mass is 734 g/mol. The highest BCUT2D eigenvalue weighted by atomic mass is 79.9. The number of hydrogen-bond acceptors (Lipinski definition) is 5. The molecule has 4 rings (SSSR count). The van der Waals surface area contributed by atoms with E-state index in [0.29, 0.717) is 22.2 Å². The zero-order valence-electron chi connectivity index (χ0n) is 24.0. The second kappa shape index (κ2) is 14.6. The molecular weight excluding hydrogens is 711 g/mol. The molecule has 1 N–H and O–H groups in total. The summed E-state index contributed by atoms with van der Waals surface area (Å²) in [5.74, 6) is -0.176. The van der Waals surface area contributed by atoms with Gasteiger partial charge in [-0.1, -0.05) is 36.4 Å². The zero-order chi connectivity index (χ0) is 34.4. The molecule has 47 heavy (non-hydrogen) atoms. The smallest absolute Gasteiger partial charge is 0.416 e. The third-order valence-corrected chi connectivity index (χ3v) is 7.09. The van der Waals surface area contributed by atoms with Crippen molar-refractivity contribution < 1.29 is 49.0 Å². The van der Waals surface area contributed by atoms with Crippen LogP contribution in [0.1, 0.15) is 38.9 Å². The van der Waals surface area contributed by atoms with Crippen LogP contribution in [0.25, 0.3) is 0 Å². The average Bonchev–Trinajstić information content (AvgIpc) is 3.00. The van der Waals surface area contributed by atoms with Gasteiger partial charge in [-0.15, -0.1) is 0 Å². The maximum Gasteiger partial charge on any atom is 0.416 e. The average molecular weight is 735 g/mol. The van der Waals surface area contributed by atoms with E-state index in [0.717, 1.165) is 22.6 Å². The summed E-state index contributed by atoms with van der Waals surface area (Å²) in [7, 11) is 0. The molecule has 1 heterocycles. The summed E-state index contributed by atoms with van der Waals surface area (Å²) in [6, 6.07) is 12.7. The van der Waals surface area contributed by atoms with Gasteiger partial charge in [-0.05, 0) is 74.9 Å². The van der Waals surface area contributed by atoms with Gasteiger partial charge in [0.2, 0.25) is 5.95 Å². The Labute approximate surface area is 270 Å². The summed E-state index contributed by atoms with van der Waals surface area (Å²) in [5.41, 5.74) is -3.52. The molecule has 0 saturated heterocycles. The van der Waals surface area contributed by atoms with E-state index in [1.807, 2.05) is 0 Å². The fourth-order valence-electron chi connectivity index (χ4n) is 4.47. The fraction of sp³-hybridized carbons (Fsp3) is 0.258. The van der Waals surface area contributed by atoms with Crippen LogP contribution in [0.15, 0.2) is 83.6 Å². The first-order chi connectivity index (χ1) is 22.0. The first kappa shape index (κ1) is 35.5. The Morgan fingerprint density at radius 3 is 1.89 bits per heavy atom. The van der Waals surface area contributed by atoms with Crippen molar-refractivity contribution in [3.63, 3.8) is 0 Å². The predicted molar refractivity (Wildman–Crippen MR) is 156 cm³/mol. The van der Waals surface area contributed by atoms with E-state index in [1.54, 1.807) is 30.3 Å². The molecule has 0 radical (unpaired) electrons. The van der Waals surface area contributed by atoms with E-state index >= 15 is 0 Å². The highest BCUT2D eigenvalue weighted by Crippen LogP contribution is 2.37. The van der Waals surface area contributed by atoms with Crippen molar-refractivity contribution in [2.24, 2.45) is 0 Å². The molecule has 0 unspecified atom stereocenters. The maximum absolute atomic E-state index is 13.7. The number of aromatic nitrogens is 2. The minimum Gasteiger partial charge on any atom is -0.445 e. The van der Waals surface area contributed by atoms with Gasteiger partial charge in [-0.25, -0.2) is 14.8 Å². The van der Waals surface area contributed by atoms with E-state index in [9.17, 15) is 44.3 Å². The number of amides is 1. The van der Waals surface area contributed by atoms with E-state index < -0.39 is 60.0 Å². The van der Waals surface area contributed by atoms with Gasteiger partial charge < -0.3 is 15.0 Å². The van der Waals surface area contributed by atoms with Crippen LogP contribution >= 0.6 is 15.9 Å². The topological polar surface area (TPSA) is 67.4 Å². The number of hydrogen-bond donors (Lipinski definition) is 1. The van der Waals surface area contributed by atoms with E-state index in [1.165, 1.54) is 18.5 Å². The van der Waals surface area contributed by atoms with Gasteiger partial charge in [0.05, 0.1) is 21.2 Å². The van der Waals surface area contributed by atoms with E-state index in [2.05, 4.69) is 31.2 Å². The van der Waals surface area contributed by atoms with Crippen LogP contribution in [0.4, 0.5) is 50.3 Å². The quantitative estimate of drug-likeness (QED) is 0.165. The molecule has 1 aromatic heterocycles. The van der Waals surface area contributed by atoms with Crippen molar-refractivity contribution in [1.29, 1.82) is 0 Å². The molecule has 250 valence electrons. The van der Waals surface area contributed by atoms with Crippen LogP contribution in [-0.4, -0.2) is 22.6 Å². The van der Waals surface area contributed by atoms with Crippen molar-refractivity contribution in [2.75, 3.05) is 11.4 Å².